The van der Waals surface area contributed by atoms with Crippen molar-refractivity contribution in [3.05, 3.63) is 0 Å². The predicted octanol–water partition coefficient (Wildman–Crippen LogP) is 2.48. The van der Waals surface area contributed by atoms with E-state index in [2.05, 4.69) is 0 Å². The summed E-state index contributed by atoms with van der Waals surface area (Å²) < 4.78 is 4.91. The Hall–Kier alpha value is -0.280. The number of carbonyl (C=O) groups is 1. The number of hydrogen-bond donors (Lipinski definition) is 0. The maximum absolute atomic E-state index is 11.0. The maximum Gasteiger partial charge on any atom is 0.316 e. The zero-order valence-corrected chi connectivity index (χ0v) is 9.30. The molecule has 0 aromatic rings. The van der Waals surface area contributed by atoms with Gasteiger partial charge in [0.2, 0.25) is 0 Å². The Morgan fingerprint density at radius 1 is 1.46 bits per heavy atom. The number of rotatable bonds is 6. The van der Waals surface area contributed by atoms with Gasteiger partial charge in [-0.3, -0.25) is 4.79 Å². The molecule has 0 aliphatic rings. The average molecular weight is 208 g/mol. The molecule has 0 aliphatic carbocycles. The Morgan fingerprint density at radius 2 is 2.00 bits per heavy atom. The third-order valence-corrected chi connectivity index (χ3v) is 2.36. The van der Waals surface area contributed by atoms with Crippen LogP contribution in [0, 0.1) is 0 Å². The largest absolute Gasteiger partial charge is 0.383 e. The molecule has 0 fully saturated rings. The van der Waals surface area contributed by atoms with Crippen LogP contribution in [0.5, 0.6) is 0 Å². The minimum Gasteiger partial charge on any atom is -0.383 e. The summed E-state index contributed by atoms with van der Waals surface area (Å²) in [6.45, 7) is 5.21. The second-order valence-electron chi connectivity index (χ2n) is 2.91. The highest BCUT2D eigenvalue weighted by Crippen LogP contribution is 2.10. The molecule has 0 heterocycles. The topological polar surface area (TPSA) is 29.5 Å². The molecule has 1 amide bonds. The molecule has 4 heteroatoms. The van der Waals surface area contributed by atoms with Crippen molar-refractivity contribution in [1.29, 1.82) is 0 Å². The molecular formula is C9H18ClNO2. The molecule has 0 rings (SSSR count). The van der Waals surface area contributed by atoms with Crippen LogP contribution in [0.15, 0.2) is 0 Å². The maximum atomic E-state index is 11.0. The molecular weight excluding hydrogens is 190 g/mol. The summed E-state index contributed by atoms with van der Waals surface area (Å²) in [5.74, 6) is 0. The first-order chi connectivity index (χ1) is 6.17. The first kappa shape index (κ1) is 12.7. The molecule has 0 spiro atoms. The third kappa shape index (κ3) is 4.48. The summed E-state index contributed by atoms with van der Waals surface area (Å²) in [6, 6.07) is 0.236. The SMILES string of the molecule is CCC(CC)N(CCOC)C(=O)Cl. The van der Waals surface area contributed by atoms with Gasteiger partial charge in [-0.2, -0.15) is 0 Å². The number of hydrogen-bond acceptors (Lipinski definition) is 2. The van der Waals surface area contributed by atoms with Crippen LogP contribution in [-0.2, 0) is 4.74 Å². The molecule has 0 saturated heterocycles. The highest BCUT2D eigenvalue weighted by molar-refractivity contribution is 6.62. The zero-order valence-electron chi connectivity index (χ0n) is 8.55. The van der Waals surface area contributed by atoms with Crippen LogP contribution in [0.4, 0.5) is 4.79 Å². The van der Waals surface area contributed by atoms with Crippen LogP contribution in [0.2, 0.25) is 0 Å². The van der Waals surface area contributed by atoms with Crippen molar-refractivity contribution in [1.82, 2.24) is 4.90 Å². The van der Waals surface area contributed by atoms with Crippen LogP contribution in [0.3, 0.4) is 0 Å². The van der Waals surface area contributed by atoms with E-state index in [1.165, 1.54) is 0 Å². The van der Waals surface area contributed by atoms with Crippen LogP contribution in [-0.4, -0.2) is 36.6 Å². The summed E-state index contributed by atoms with van der Waals surface area (Å²) in [7, 11) is 1.61. The molecule has 0 radical (unpaired) electrons. The normalized spacial score (nSPS) is 10.5. The smallest absolute Gasteiger partial charge is 0.316 e. The van der Waals surface area contributed by atoms with Gasteiger partial charge in [0, 0.05) is 19.7 Å². The van der Waals surface area contributed by atoms with E-state index >= 15 is 0 Å². The van der Waals surface area contributed by atoms with Gasteiger partial charge in [-0.1, -0.05) is 13.8 Å². The van der Waals surface area contributed by atoms with Crippen molar-refractivity contribution in [2.75, 3.05) is 20.3 Å². The van der Waals surface area contributed by atoms with Gasteiger partial charge in [-0.25, -0.2) is 0 Å². The Labute approximate surface area is 85.0 Å². The first-order valence-electron chi connectivity index (χ1n) is 4.62. The second-order valence-corrected chi connectivity index (χ2v) is 3.23. The molecule has 0 saturated carbocycles. The minimum absolute atomic E-state index is 0.236. The van der Waals surface area contributed by atoms with Crippen molar-refractivity contribution in [3.63, 3.8) is 0 Å². The lowest BCUT2D eigenvalue weighted by molar-refractivity contribution is 0.137. The van der Waals surface area contributed by atoms with E-state index in [1.807, 2.05) is 13.8 Å². The second kappa shape index (κ2) is 7.15. The quantitative estimate of drug-likeness (QED) is 0.495. The van der Waals surface area contributed by atoms with Crippen molar-refractivity contribution >= 4 is 17.0 Å². The van der Waals surface area contributed by atoms with Crippen LogP contribution < -0.4 is 0 Å². The van der Waals surface area contributed by atoms with Gasteiger partial charge in [0.25, 0.3) is 0 Å². The fraction of sp³-hybridized carbons (Fsp3) is 0.889. The average Bonchev–Trinajstić information content (AvgIpc) is 2.11. The summed E-state index contributed by atoms with van der Waals surface area (Å²) in [6.07, 6.45) is 1.86. The van der Waals surface area contributed by atoms with Crippen molar-refractivity contribution in [2.24, 2.45) is 0 Å². The van der Waals surface area contributed by atoms with E-state index in [-0.39, 0.29) is 11.4 Å². The number of nitrogens with zero attached hydrogens (tertiary/aromatic N) is 1. The fourth-order valence-corrected chi connectivity index (χ4v) is 1.56. The van der Waals surface area contributed by atoms with Crippen molar-refractivity contribution in [3.8, 4) is 0 Å². The first-order valence-corrected chi connectivity index (χ1v) is 5.00. The minimum atomic E-state index is -0.384. The summed E-state index contributed by atoms with van der Waals surface area (Å²) in [5.41, 5.74) is 0. The monoisotopic (exact) mass is 207 g/mol. The van der Waals surface area contributed by atoms with E-state index in [4.69, 9.17) is 16.3 Å². The number of amides is 1. The van der Waals surface area contributed by atoms with E-state index in [0.717, 1.165) is 12.8 Å². The molecule has 78 valence electrons. The lowest BCUT2D eigenvalue weighted by Gasteiger charge is -2.27. The molecule has 0 aliphatic heterocycles. The molecule has 0 N–H and O–H groups in total. The van der Waals surface area contributed by atoms with Gasteiger partial charge in [-0.15, -0.1) is 0 Å². The van der Waals surface area contributed by atoms with Gasteiger partial charge in [0.15, 0.2) is 0 Å². The Morgan fingerprint density at radius 3 is 2.31 bits per heavy atom. The molecule has 0 bridgehead atoms. The van der Waals surface area contributed by atoms with Gasteiger partial charge in [-0.05, 0) is 24.4 Å². The van der Waals surface area contributed by atoms with Crippen LogP contribution >= 0.6 is 11.6 Å². The summed E-state index contributed by atoms with van der Waals surface area (Å²) in [4.78, 5) is 12.7. The third-order valence-electron chi connectivity index (χ3n) is 2.15. The summed E-state index contributed by atoms with van der Waals surface area (Å²) in [5, 5.41) is -0.384. The molecule has 0 atom stereocenters. The fourth-order valence-electron chi connectivity index (χ4n) is 1.33. The lowest BCUT2D eigenvalue weighted by Crippen LogP contribution is -2.38. The Balaban J connectivity index is 4.12. The Kier molecular flexibility index (Phi) is 7.00. The zero-order chi connectivity index (χ0) is 10.3. The summed E-state index contributed by atoms with van der Waals surface area (Å²) >= 11 is 5.46. The van der Waals surface area contributed by atoms with E-state index in [1.54, 1.807) is 12.0 Å². The molecule has 0 unspecified atom stereocenters. The van der Waals surface area contributed by atoms with Crippen molar-refractivity contribution < 1.29 is 9.53 Å². The molecule has 3 nitrogen and oxygen atoms in total. The van der Waals surface area contributed by atoms with Crippen LogP contribution in [0.25, 0.3) is 0 Å². The van der Waals surface area contributed by atoms with E-state index in [0.29, 0.717) is 13.2 Å². The highest BCUT2D eigenvalue weighted by Gasteiger charge is 2.18. The molecule has 0 aromatic heterocycles. The standard InChI is InChI=1S/C9H18ClNO2/c1-4-8(5-2)11(9(10)12)6-7-13-3/h8H,4-7H2,1-3H3. The van der Waals surface area contributed by atoms with Gasteiger partial charge in [0.1, 0.15) is 0 Å². The van der Waals surface area contributed by atoms with Gasteiger partial charge >= 0.3 is 5.37 Å². The molecule has 13 heavy (non-hydrogen) atoms. The number of methoxy groups -OCH3 is 1. The lowest BCUT2D eigenvalue weighted by atomic mass is 10.1. The van der Waals surface area contributed by atoms with Gasteiger partial charge in [0.05, 0.1) is 6.61 Å². The number of ether oxygens (including phenoxy) is 1. The van der Waals surface area contributed by atoms with Crippen molar-refractivity contribution in [2.45, 2.75) is 32.7 Å². The predicted molar refractivity (Wildman–Crippen MR) is 54.2 cm³/mol. The Bertz CT molecular complexity index is 149. The van der Waals surface area contributed by atoms with Gasteiger partial charge < -0.3 is 9.64 Å². The van der Waals surface area contributed by atoms with E-state index in [9.17, 15) is 4.79 Å². The highest BCUT2D eigenvalue weighted by atomic mass is 35.5. The number of carbonyl (C=O) groups excluding carboxylic acids is 1. The number of halogens is 1. The molecule has 0 aromatic carbocycles. The van der Waals surface area contributed by atoms with E-state index < -0.39 is 0 Å². The van der Waals surface area contributed by atoms with Crippen LogP contribution in [0.1, 0.15) is 26.7 Å².